The Labute approximate surface area is 112 Å². The van der Waals surface area contributed by atoms with Crippen LogP contribution in [0.5, 0.6) is 11.5 Å². The third kappa shape index (κ3) is 3.53. The van der Waals surface area contributed by atoms with E-state index in [9.17, 15) is 4.79 Å². The number of carbonyl (C=O) groups excluding carboxylic acids is 1. The molecule has 0 bridgehead atoms. The van der Waals surface area contributed by atoms with Crippen LogP contribution in [0.15, 0.2) is 18.2 Å². The molecule has 0 N–H and O–H groups in total. The third-order valence-electron chi connectivity index (χ3n) is 2.51. The van der Waals surface area contributed by atoms with Gasteiger partial charge in [-0.25, -0.2) is 0 Å². The molecular formula is C13H18ClNO3. The molecule has 0 heterocycles. The third-order valence-corrected chi connectivity index (χ3v) is 2.65. The van der Waals surface area contributed by atoms with E-state index < -0.39 is 0 Å². The number of nitrogens with zero attached hydrogens (tertiary/aromatic N) is 1. The molecule has 0 radical (unpaired) electrons. The maximum Gasteiger partial charge on any atom is 0.257 e. The van der Waals surface area contributed by atoms with Crippen molar-refractivity contribution >= 4 is 17.5 Å². The SMILES string of the molecule is COc1ccc(C(=O)N(C)CC(C)Cl)c(OC)c1. The Morgan fingerprint density at radius 1 is 1.39 bits per heavy atom. The summed E-state index contributed by atoms with van der Waals surface area (Å²) < 4.78 is 10.3. The summed E-state index contributed by atoms with van der Waals surface area (Å²) in [4.78, 5) is 13.8. The predicted octanol–water partition coefficient (Wildman–Crippen LogP) is 2.40. The van der Waals surface area contributed by atoms with Crippen LogP contribution in [0.2, 0.25) is 0 Å². The minimum absolute atomic E-state index is 0.0943. The van der Waals surface area contributed by atoms with E-state index in [-0.39, 0.29) is 11.3 Å². The van der Waals surface area contributed by atoms with Gasteiger partial charge in [0.1, 0.15) is 11.5 Å². The fraction of sp³-hybridized carbons (Fsp3) is 0.462. The Morgan fingerprint density at radius 2 is 2.06 bits per heavy atom. The first-order valence-electron chi connectivity index (χ1n) is 5.61. The molecule has 100 valence electrons. The lowest BCUT2D eigenvalue weighted by Gasteiger charge is -2.20. The van der Waals surface area contributed by atoms with Crippen LogP contribution in [-0.2, 0) is 0 Å². The van der Waals surface area contributed by atoms with Crippen LogP contribution in [0.4, 0.5) is 0 Å². The van der Waals surface area contributed by atoms with Crippen LogP contribution >= 0.6 is 11.6 Å². The monoisotopic (exact) mass is 271 g/mol. The molecular weight excluding hydrogens is 254 g/mol. The van der Waals surface area contributed by atoms with Crippen LogP contribution in [-0.4, -0.2) is 44.0 Å². The summed E-state index contributed by atoms with van der Waals surface area (Å²) in [5.41, 5.74) is 0.498. The molecule has 18 heavy (non-hydrogen) atoms. The van der Waals surface area contributed by atoms with Gasteiger partial charge in [0.2, 0.25) is 0 Å². The van der Waals surface area contributed by atoms with Crippen molar-refractivity contribution in [1.82, 2.24) is 4.90 Å². The Bertz CT molecular complexity index is 421. The Kier molecular flexibility index (Phi) is 5.28. The van der Waals surface area contributed by atoms with Crippen molar-refractivity contribution in [2.75, 3.05) is 27.8 Å². The van der Waals surface area contributed by atoms with Crippen molar-refractivity contribution < 1.29 is 14.3 Å². The van der Waals surface area contributed by atoms with Gasteiger partial charge in [0.15, 0.2) is 0 Å². The van der Waals surface area contributed by atoms with Gasteiger partial charge in [0.25, 0.3) is 5.91 Å². The molecule has 1 aromatic carbocycles. The van der Waals surface area contributed by atoms with Crippen molar-refractivity contribution in [3.05, 3.63) is 23.8 Å². The Morgan fingerprint density at radius 3 is 2.56 bits per heavy atom. The largest absolute Gasteiger partial charge is 0.497 e. The smallest absolute Gasteiger partial charge is 0.257 e. The van der Waals surface area contributed by atoms with Gasteiger partial charge in [-0.15, -0.1) is 11.6 Å². The van der Waals surface area contributed by atoms with Crippen LogP contribution in [0.1, 0.15) is 17.3 Å². The number of carbonyl (C=O) groups is 1. The molecule has 0 aliphatic rings. The summed E-state index contributed by atoms with van der Waals surface area (Å²) in [6.45, 7) is 2.33. The first-order chi connectivity index (χ1) is 8.49. The highest BCUT2D eigenvalue weighted by Crippen LogP contribution is 2.25. The molecule has 0 aliphatic carbocycles. The number of halogens is 1. The summed E-state index contributed by atoms with van der Waals surface area (Å²) in [5.74, 6) is 1.02. The zero-order valence-electron chi connectivity index (χ0n) is 11.1. The Hall–Kier alpha value is -1.42. The van der Waals surface area contributed by atoms with Gasteiger partial charge in [-0.3, -0.25) is 4.79 Å². The van der Waals surface area contributed by atoms with Gasteiger partial charge in [-0.05, 0) is 19.1 Å². The standard InChI is InChI=1S/C13H18ClNO3/c1-9(14)8-15(2)13(16)11-6-5-10(17-3)7-12(11)18-4/h5-7,9H,8H2,1-4H3. The van der Waals surface area contributed by atoms with E-state index in [1.807, 2.05) is 6.92 Å². The quantitative estimate of drug-likeness (QED) is 0.772. The van der Waals surface area contributed by atoms with Gasteiger partial charge in [-0.1, -0.05) is 0 Å². The number of hydrogen-bond acceptors (Lipinski definition) is 3. The molecule has 0 fully saturated rings. The molecule has 1 atom stereocenters. The number of hydrogen-bond donors (Lipinski definition) is 0. The normalized spacial score (nSPS) is 11.8. The highest BCUT2D eigenvalue weighted by molar-refractivity contribution is 6.20. The molecule has 4 nitrogen and oxygen atoms in total. The van der Waals surface area contributed by atoms with E-state index in [2.05, 4.69) is 0 Å². The molecule has 0 aromatic heterocycles. The molecule has 0 aliphatic heterocycles. The first-order valence-corrected chi connectivity index (χ1v) is 6.04. The van der Waals surface area contributed by atoms with Gasteiger partial charge in [0.05, 0.1) is 19.8 Å². The van der Waals surface area contributed by atoms with E-state index in [0.717, 1.165) is 0 Å². The van der Waals surface area contributed by atoms with E-state index in [1.165, 1.54) is 7.11 Å². The fourth-order valence-electron chi connectivity index (χ4n) is 1.64. The molecule has 1 rings (SSSR count). The maximum absolute atomic E-state index is 12.2. The zero-order chi connectivity index (χ0) is 13.7. The van der Waals surface area contributed by atoms with Crippen molar-refractivity contribution in [1.29, 1.82) is 0 Å². The summed E-state index contributed by atoms with van der Waals surface area (Å²) >= 11 is 5.88. The van der Waals surface area contributed by atoms with Crippen LogP contribution < -0.4 is 9.47 Å². The lowest BCUT2D eigenvalue weighted by atomic mass is 10.1. The molecule has 1 unspecified atom stereocenters. The second-order valence-electron chi connectivity index (χ2n) is 4.03. The number of rotatable bonds is 5. The topological polar surface area (TPSA) is 38.8 Å². The molecule has 0 saturated heterocycles. The van der Waals surface area contributed by atoms with Crippen LogP contribution in [0, 0.1) is 0 Å². The number of methoxy groups -OCH3 is 2. The second-order valence-corrected chi connectivity index (χ2v) is 4.78. The molecule has 0 spiro atoms. The molecule has 1 aromatic rings. The van der Waals surface area contributed by atoms with Crippen molar-refractivity contribution in [3.8, 4) is 11.5 Å². The average molecular weight is 272 g/mol. The Balaban J connectivity index is 2.98. The summed E-state index contributed by atoms with van der Waals surface area (Å²) in [7, 11) is 4.80. The van der Waals surface area contributed by atoms with Gasteiger partial charge in [-0.2, -0.15) is 0 Å². The minimum atomic E-state index is -0.123. The fourth-order valence-corrected chi connectivity index (χ4v) is 1.85. The van der Waals surface area contributed by atoms with E-state index >= 15 is 0 Å². The summed E-state index contributed by atoms with van der Waals surface area (Å²) in [6.07, 6.45) is 0. The highest BCUT2D eigenvalue weighted by Gasteiger charge is 2.18. The van der Waals surface area contributed by atoms with Crippen LogP contribution in [0.3, 0.4) is 0 Å². The average Bonchev–Trinajstić information content (AvgIpc) is 2.36. The van der Waals surface area contributed by atoms with Gasteiger partial charge < -0.3 is 14.4 Å². The second kappa shape index (κ2) is 6.50. The first kappa shape index (κ1) is 14.6. The van der Waals surface area contributed by atoms with Gasteiger partial charge in [0, 0.05) is 25.0 Å². The number of benzene rings is 1. The number of amides is 1. The van der Waals surface area contributed by atoms with E-state index in [0.29, 0.717) is 23.6 Å². The minimum Gasteiger partial charge on any atom is -0.497 e. The van der Waals surface area contributed by atoms with Crippen molar-refractivity contribution in [2.24, 2.45) is 0 Å². The maximum atomic E-state index is 12.2. The van der Waals surface area contributed by atoms with E-state index in [1.54, 1.807) is 37.3 Å². The predicted molar refractivity (Wildman–Crippen MR) is 71.8 cm³/mol. The summed E-state index contributed by atoms with van der Waals surface area (Å²) in [6, 6.07) is 5.11. The number of alkyl halides is 1. The summed E-state index contributed by atoms with van der Waals surface area (Å²) in [5, 5.41) is -0.0943. The lowest BCUT2D eigenvalue weighted by molar-refractivity contribution is 0.0793. The van der Waals surface area contributed by atoms with Crippen LogP contribution in [0.25, 0.3) is 0 Å². The van der Waals surface area contributed by atoms with Crippen molar-refractivity contribution in [2.45, 2.75) is 12.3 Å². The zero-order valence-corrected chi connectivity index (χ0v) is 11.8. The van der Waals surface area contributed by atoms with Gasteiger partial charge >= 0.3 is 0 Å². The molecule has 5 heteroatoms. The van der Waals surface area contributed by atoms with Crippen molar-refractivity contribution in [3.63, 3.8) is 0 Å². The molecule has 0 saturated carbocycles. The molecule has 1 amide bonds. The number of ether oxygens (including phenoxy) is 2. The lowest BCUT2D eigenvalue weighted by Crippen LogP contribution is -2.31. The highest BCUT2D eigenvalue weighted by atomic mass is 35.5. The van der Waals surface area contributed by atoms with E-state index in [4.69, 9.17) is 21.1 Å².